The first kappa shape index (κ1) is 11.2. The van der Waals surface area contributed by atoms with Gasteiger partial charge < -0.3 is 10.5 Å². The molecule has 1 aromatic carbocycles. The van der Waals surface area contributed by atoms with Crippen LogP contribution in [0, 0.1) is 19.3 Å². The molecule has 0 fully saturated rings. The normalized spacial score (nSPS) is 10.2. The number of aryl methyl sites for hydroxylation is 2. The van der Waals surface area contributed by atoms with E-state index in [2.05, 4.69) is 10.2 Å². The van der Waals surface area contributed by atoms with Crippen LogP contribution in [0.4, 0.5) is 0 Å². The summed E-state index contributed by atoms with van der Waals surface area (Å²) in [6.07, 6.45) is 0. The van der Waals surface area contributed by atoms with Crippen molar-refractivity contribution < 1.29 is 4.74 Å². The van der Waals surface area contributed by atoms with Crippen molar-refractivity contribution in [2.45, 2.75) is 13.8 Å². The lowest BCUT2D eigenvalue weighted by molar-refractivity contribution is 0.461. The van der Waals surface area contributed by atoms with Crippen molar-refractivity contribution >= 4 is 5.84 Å². The van der Waals surface area contributed by atoms with Crippen molar-refractivity contribution in [2.24, 2.45) is 5.73 Å². The molecular weight excluding hydrogens is 216 g/mol. The number of nitrogens with zero attached hydrogens (tertiary/aromatic N) is 1. The third kappa shape index (κ3) is 2.44. The van der Waals surface area contributed by atoms with Crippen LogP contribution in [0.3, 0.4) is 0 Å². The largest absolute Gasteiger partial charge is 0.438 e. The molecule has 0 unspecified atom stereocenters. The number of nitrogens with one attached hydrogen (secondary N) is 2. The third-order valence-corrected chi connectivity index (χ3v) is 2.39. The Bertz CT molecular complexity index is 559. The summed E-state index contributed by atoms with van der Waals surface area (Å²) in [5.41, 5.74) is 8.01. The lowest BCUT2D eigenvalue weighted by Crippen LogP contribution is -2.12. The molecule has 1 heterocycles. The van der Waals surface area contributed by atoms with Crippen LogP contribution in [-0.2, 0) is 0 Å². The Hall–Kier alpha value is -2.30. The maximum Gasteiger partial charge on any atom is 0.238 e. The van der Waals surface area contributed by atoms with Crippen molar-refractivity contribution in [2.75, 3.05) is 0 Å². The zero-order chi connectivity index (χ0) is 12.4. The lowest BCUT2D eigenvalue weighted by Gasteiger charge is -2.06. The average Bonchev–Trinajstić information content (AvgIpc) is 2.63. The van der Waals surface area contributed by atoms with Crippen molar-refractivity contribution in [3.63, 3.8) is 0 Å². The quantitative estimate of drug-likeness (QED) is 0.557. The smallest absolute Gasteiger partial charge is 0.238 e. The van der Waals surface area contributed by atoms with E-state index in [1.807, 2.05) is 26.0 Å². The Balaban J connectivity index is 2.23. The van der Waals surface area contributed by atoms with Crippen molar-refractivity contribution in [3.8, 4) is 11.6 Å². The first-order valence-corrected chi connectivity index (χ1v) is 5.21. The number of hydrogen-bond acceptors (Lipinski definition) is 3. The predicted molar refractivity (Wildman–Crippen MR) is 65.6 cm³/mol. The molecule has 5 nitrogen and oxygen atoms in total. The van der Waals surface area contributed by atoms with Crippen LogP contribution in [0.1, 0.15) is 16.8 Å². The first-order chi connectivity index (χ1) is 8.06. The topological polar surface area (TPSA) is 87.8 Å². The summed E-state index contributed by atoms with van der Waals surface area (Å²) in [4.78, 5) is 0. The maximum absolute atomic E-state index is 7.39. The number of aromatic nitrogens is 2. The van der Waals surface area contributed by atoms with Gasteiger partial charge in [-0.3, -0.25) is 10.5 Å². The SMILES string of the molecule is Cc1cc(Oc2ccc(C(=N)N)c(C)c2)n[nH]1. The zero-order valence-electron chi connectivity index (χ0n) is 9.74. The molecule has 0 atom stereocenters. The number of hydrogen-bond donors (Lipinski definition) is 3. The molecular formula is C12H14N4O. The van der Waals surface area contributed by atoms with Crippen LogP contribution in [0.15, 0.2) is 24.3 Å². The number of nitrogens with two attached hydrogens (primary N) is 1. The average molecular weight is 230 g/mol. The van der Waals surface area contributed by atoms with Crippen molar-refractivity contribution in [1.29, 1.82) is 5.41 Å². The van der Waals surface area contributed by atoms with Gasteiger partial charge in [0.1, 0.15) is 11.6 Å². The molecule has 88 valence electrons. The Morgan fingerprint density at radius 1 is 1.35 bits per heavy atom. The van der Waals surface area contributed by atoms with Crippen LogP contribution in [0.2, 0.25) is 0 Å². The van der Waals surface area contributed by atoms with E-state index < -0.39 is 0 Å². The van der Waals surface area contributed by atoms with Gasteiger partial charge in [-0.15, -0.1) is 5.10 Å². The van der Waals surface area contributed by atoms with E-state index >= 15 is 0 Å². The van der Waals surface area contributed by atoms with Gasteiger partial charge in [0.2, 0.25) is 5.88 Å². The molecule has 5 heteroatoms. The lowest BCUT2D eigenvalue weighted by atomic mass is 10.1. The Kier molecular flexibility index (Phi) is 2.82. The molecule has 0 spiro atoms. The Morgan fingerprint density at radius 2 is 2.12 bits per heavy atom. The minimum atomic E-state index is 0.0599. The van der Waals surface area contributed by atoms with Crippen molar-refractivity contribution in [3.05, 3.63) is 41.1 Å². The Morgan fingerprint density at radius 3 is 2.65 bits per heavy atom. The van der Waals surface area contributed by atoms with Gasteiger partial charge in [-0.1, -0.05) is 0 Å². The fraction of sp³-hybridized carbons (Fsp3) is 0.167. The molecule has 2 aromatic rings. The van der Waals surface area contributed by atoms with Gasteiger partial charge in [-0.25, -0.2) is 0 Å². The first-order valence-electron chi connectivity index (χ1n) is 5.21. The number of amidine groups is 1. The second-order valence-electron chi connectivity index (χ2n) is 3.88. The Labute approximate surface area is 99.1 Å². The number of H-pyrrole nitrogens is 1. The highest BCUT2D eigenvalue weighted by Crippen LogP contribution is 2.22. The van der Waals surface area contributed by atoms with Crippen LogP contribution >= 0.6 is 0 Å². The predicted octanol–water partition coefficient (Wildman–Crippen LogP) is 2.10. The number of ether oxygens (including phenoxy) is 1. The molecule has 2 rings (SSSR count). The summed E-state index contributed by atoms with van der Waals surface area (Å²) in [7, 11) is 0. The summed E-state index contributed by atoms with van der Waals surface area (Å²) in [5.74, 6) is 1.26. The monoisotopic (exact) mass is 230 g/mol. The highest BCUT2D eigenvalue weighted by molar-refractivity contribution is 5.96. The standard InChI is InChI=1S/C12H14N4O/c1-7-5-9(3-4-10(7)12(13)14)17-11-6-8(2)15-16-11/h3-6H,1-2H3,(H3,13,14)(H,15,16). The molecule has 0 saturated carbocycles. The van der Waals surface area contributed by atoms with Gasteiger partial charge in [0.15, 0.2) is 0 Å². The van der Waals surface area contributed by atoms with Gasteiger partial charge in [-0.05, 0) is 37.6 Å². The van der Waals surface area contributed by atoms with Crippen LogP contribution in [0.5, 0.6) is 11.6 Å². The van der Waals surface area contributed by atoms with Crippen LogP contribution in [0.25, 0.3) is 0 Å². The highest BCUT2D eigenvalue weighted by atomic mass is 16.5. The summed E-state index contributed by atoms with van der Waals surface area (Å²) >= 11 is 0. The van der Waals surface area contributed by atoms with Gasteiger partial charge >= 0.3 is 0 Å². The minimum absolute atomic E-state index is 0.0599. The number of rotatable bonds is 3. The van der Waals surface area contributed by atoms with Crippen LogP contribution in [-0.4, -0.2) is 16.0 Å². The van der Waals surface area contributed by atoms with Crippen molar-refractivity contribution in [1.82, 2.24) is 10.2 Å². The summed E-state index contributed by atoms with van der Waals surface area (Å²) in [6, 6.07) is 7.19. The molecule has 0 aliphatic heterocycles. The van der Waals surface area contributed by atoms with Gasteiger partial charge in [-0.2, -0.15) is 0 Å². The summed E-state index contributed by atoms with van der Waals surface area (Å²) < 4.78 is 5.56. The summed E-state index contributed by atoms with van der Waals surface area (Å²) in [6.45, 7) is 3.79. The fourth-order valence-corrected chi connectivity index (χ4v) is 1.57. The third-order valence-electron chi connectivity index (χ3n) is 2.39. The van der Waals surface area contributed by atoms with Gasteiger partial charge in [0.25, 0.3) is 0 Å². The molecule has 0 aliphatic carbocycles. The van der Waals surface area contributed by atoms with E-state index in [4.69, 9.17) is 15.9 Å². The molecule has 0 amide bonds. The van der Waals surface area contributed by atoms with E-state index in [0.29, 0.717) is 11.6 Å². The van der Waals surface area contributed by atoms with E-state index in [1.165, 1.54) is 0 Å². The maximum atomic E-state index is 7.39. The van der Waals surface area contributed by atoms with E-state index in [-0.39, 0.29) is 5.84 Å². The number of nitrogen functional groups attached to an aromatic ring is 1. The van der Waals surface area contributed by atoms with Gasteiger partial charge in [0.05, 0.1) is 0 Å². The molecule has 17 heavy (non-hydrogen) atoms. The molecule has 4 N–H and O–H groups in total. The van der Waals surface area contributed by atoms with E-state index in [9.17, 15) is 0 Å². The van der Waals surface area contributed by atoms with Crippen LogP contribution < -0.4 is 10.5 Å². The van der Waals surface area contributed by atoms with Gasteiger partial charge in [0, 0.05) is 17.3 Å². The molecule has 0 bridgehead atoms. The minimum Gasteiger partial charge on any atom is -0.438 e. The second kappa shape index (κ2) is 4.29. The molecule has 0 saturated heterocycles. The number of benzene rings is 1. The molecule has 0 radical (unpaired) electrons. The molecule has 1 aromatic heterocycles. The fourth-order valence-electron chi connectivity index (χ4n) is 1.57. The van der Waals surface area contributed by atoms with E-state index in [1.54, 1.807) is 12.1 Å². The molecule has 0 aliphatic rings. The number of aromatic amines is 1. The summed E-state index contributed by atoms with van der Waals surface area (Å²) in [5, 5.41) is 14.2. The zero-order valence-corrected chi connectivity index (χ0v) is 9.74. The highest BCUT2D eigenvalue weighted by Gasteiger charge is 2.05. The second-order valence-corrected chi connectivity index (χ2v) is 3.88. The van der Waals surface area contributed by atoms with E-state index in [0.717, 1.165) is 16.8 Å².